The number of rotatable bonds is 0. The highest BCUT2D eigenvalue weighted by Crippen LogP contribution is 2.54. The van der Waals surface area contributed by atoms with Gasteiger partial charge in [0, 0.05) is 6.04 Å². The maximum absolute atomic E-state index is 2.56. The Morgan fingerprint density at radius 1 is 1.25 bits per heavy atom. The van der Waals surface area contributed by atoms with Gasteiger partial charge in [-0.3, -0.25) is 4.90 Å². The zero-order valence-electron chi connectivity index (χ0n) is 10.5. The minimum atomic E-state index is 0.357. The van der Waals surface area contributed by atoms with Crippen molar-refractivity contribution < 1.29 is 0 Å². The van der Waals surface area contributed by atoms with Crippen LogP contribution in [0.1, 0.15) is 43.9 Å². The largest absolute Gasteiger partial charge is 0.299 e. The van der Waals surface area contributed by atoms with Crippen LogP contribution in [0.25, 0.3) is 0 Å². The molecule has 3 rings (SSSR count). The summed E-state index contributed by atoms with van der Waals surface area (Å²) in [7, 11) is 2.29. The third kappa shape index (κ3) is 1.21. The molecule has 1 saturated heterocycles. The molecule has 1 aromatic carbocycles. The maximum atomic E-state index is 2.56. The van der Waals surface area contributed by atoms with E-state index in [1.165, 1.54) is 19.4 Å². The van der Waals surface area contributed by atoms with Gasteiger partial charge in [-0.25, -0.2) is 0 Å². The highest BCUT2D eigenvalue weighted by Gasteiger charge is 2.48. The van der Waals surface area contributed by atoms with Crippen molar-refractivity contribution in [1.82, 2.24) is 4.90 Å². The molecule has 0 unspecified atom stereocenters. The summed E-state index contributed by atoms with van der Waals surface area (Å²) >= 11 is 0. The molecule has 86 valence electrons. The average Bonchev–Trinajstić information content (AvgIpc) is 2.51. The van der Waals surface area contributed by atoms with Crippen molar-refractivity contribution in [2.45, 2.75) is 38.1 Å². The molecule has 0 aromatic heterocycles. The van der Waals surface area contributed by atoms with E-state index in [1.807, 2.05) is 0 Å². The third-order valence-electron chi connectivity index (χ3n) is 4.78. The van der Waals surface area contributed by atoms with E-state index in [2.05, 4.69) is 50.1 Å². The van der Waals surface area contributed by atoms with Crippen LogP contribution in [-0.2, 0) is 5.41 Å². The second kappa shape index (κ2) is 3.33. The SMILES string of the molecule is CN1CCC[C@@H]2[C@@H]1c1ccccc1C2(C)C. The highest BCUT2D eigenvalue weighted by molar-refractivity contribution is 5.43. The van der Waals surface area contributed by atoms with Crippen molar-refractivity contribution in [3.05, 3.63) is 35.4 Å². The molecule has 1 heteroatoms. The van der Waals surface area contributed by atoms with E-state index in [-0.39, 0.29) is 0 Å². The van der Waals surface area contributed by atoms with E-state index in [1.54, 1.807) is 11.1 Å². The van der Waals surface area contributed by atoms with Gasteiger partial charge in [0.25, 0.3) is 0 Å². The molecule has 1 heterocycles. The van der Waals surface area contributed by atoms with Crippen LogP contribution < -0.4 is 0 Å². The molecule has 1 aliphatic heterocycles. The van der Waals surface area contributed by atoms with E-state index in [0.717, 1.165) is 5.92 Å². The first-order valence-corrected chi connectivity index (χ1v) is 6.42. The van der Waals surface area contributed by atoms with Crippen molar-refractivity contribution in [2.75, 3.05) is 13.6 Å². The number of nitrogens with zero attached hydrogens (tertiary/aromatic N) is 1. The third-order valence-corrected chi connectivity index (χ3v) is 4.78. The van der Waals surface area contributed by atoms with Gasteiger partial charge in [-0.15, -0.1) is 0 Å². The zero-order chi connectivity index (χ0) is 11.3. The Bertz CT molecular complexity index is 408. The van der Waals surface area contributed by atoms with Crippen LogP contribution in [0.4, 0.5) is 0 Å². The Kier molecular flexibility index (Phi) is 2.16. The van der Waals surface area contributed by atoms with E-state index in [9.17, 15) is 0 Å². The van der Waals surface area contributed by atoms with Crippen molar-refractivity contribution in [1.29, 1.82) is 0 Å². The summed E-state index contributed by atoms with van der Waals surface area (Å²) in [6.45, 7) is 6.11. The summed E-state index contributed by atoms with van der Waals surface area (Å²) in [6.07, 6.45) is 2.74. The molecule has 2 atom stereocenters. The molecule has 2 aliphatic rings. The van der Waals surface area contributed by atoms with Crippen LogP contribution in [-0.4, -0.2) is 18.5 Å². The Balaban J connectivity index is 2.15. The molecule has 1 nitrogen and oxygen atoms in total. The summed E-state index contributed by atoms with van der Waals surface area (Å²) in [5.74, 6) is 0.809. The molecule has 0 N–H and O–H groups in total. The quantitative estimate of drug-likeness (QED) is 0.641. The molecule has 0 amide bonds. The fourth-order valence-corrected chi connectivity index (χ4v) is 3.92. The highest BCUT2D eigenvalue weighted by atomic mass is 15.1. The van der Waals surface area contributed by atoms with Crippen LogP contribution in [0.3, 0.4) is 0 Å². The Labute approximate surface area is 98.5 Å². The molecule has 1 aromatic rings. The van der Waals surface area contributed by atoms with Crippen LogP contribution in [0.2, 0.25) is 0 Å². The number of likely N-dealkylation sites (tertiary alicyclic amines) is 1. The number of piperidine rings is 1. The van der Waals surface area contributed by atoms with E-state index >= 15 is 0 Å². The smallest absolute Gasteiger partial charge is 0.0384 e. The molecule has 0 bridgehead atoms. The van der Waals surface area contributed by atoms with Gasteiger partial charge in [-0.1, -0.05) is 38.1 Å². The van der Waals surface area contributed by atoms with Gasteiger partial charge >= 0.3 is 0 Å². The number of hydrogen-bond donors (Lipinski definition) is 0. The van der Waals surface area contributed by atoms with Crippen LogP contribution in [0, 0.1) is 5.92 Å². The van der Waals surface area contributed by atoms with Gasteiger partial charge in [-0.2, -0.15) is 0 Å². The molecule has 0 radical (unpaired) electrons. The first-order chi connectivity index (χ1) is 7.62. The molecule has 1 fully saturated rings. The molecular formula is C15H21N. The normalized spacial score (nSPS) is 32.2. The summed E-state index contributed by atoms with van der Waals surface area (Å²) in [5, 5.41) is 0. The molecule has 1 aliphatic carbocycles. The number of benzene rings is 1. The van der Waals surface area contributed by atoms with E-state index in [4.69, 9.17) is 0 Å². The van der Waals surface area contributed by atoms with E-state index in [0.29, 0.717) is 11.5 Å². The Hall–Kier alpha value is -0.820. The monoisotopic (exact) mass is 215 g/mol. The Morgan fingerprint density at radius 2 is 2.00 bits per heavy atom. The topological polar surface area (TPSA) is 3.24 Å². The first kappa shape index (κ1) is 10.3. The van der Waals surface area contributed by atoms with Gasteiger partial charge in [0.2, 0.25) is 0 Å². The second-order valence-electron chi connectivity index (χ2n) is 5.98. The lowest BCUT2D eigenvalue weighted by molar-refractivity contribution is 0.0967. The molecular weight excluding hydrogens is 194 g/mol. The maximum Gasteiger partial charge on any atom is 0.0384 e. The lowest BCUT2D eigenvalue weighted by Gasteiger charge is -2.40. The van der Waals surface area contributed by atoms with Crippen LogP contribution in [0.5, 0.6) is 0 Å². The molecule has 0 spiro atoms. The molecule has 0 saturated carbocycles. The zero-order valence-corrected chi connectivity index (χ0v) is 10.5. The fourth-order valence-electron chi connectivity index (χ4n) is 3.92. The first-order valence-electron chi connectivity index (χ1n) is 6.42. The predicted octanol–water partition coefficient (Wildman–Crippen LogP) is 3.36. The number of fused-ring (bicyclic) bond motifs is 3. The van der Waals surface area contributed by atoms with E-state index < -0.39 is 0 Å². The summed E-state index contributed by atoms with van der Waals surface area (Å²) < 4.78 is 0. The van der Waals surface area contributed by atoms with Gasteiger partial charge < -0.3 is 0 Å². The summed E-state index contributed by atoms with van der Waals surface area (Å²) in [4.78, 5) is 2.56. The average molecular weight is 215 g/mol. The van der Waals surface area contributed by atoms with Gasteiger partial charge in [-0.05, 0) is 48.9 Å². The summed E-state index contributed by atoms with van der Waals surface area (Å²) in [5.41, 5.74) is 3.52. The second-order valence-corrected chi connectivity index (χ2v) is 5.98. The fraction of sp³-hybridized carbons (Fsp3) is 0.600. The Morgan fingerprint density at radius 3 is 2.81 bits per heavy atom. The van der Waals surface area contributed by atoms with Gasteiger partial charge in [0.15, 0.2) is 0 Å². The number of hydrogen-bond acceptors (Lipinski definition) is 1. The summed E-state index contributed by atoms with van der Waals surface area (Å²) in [6, 6.07) is 9.72. The standard InChI is InChI=1S/C15H21N/c1-15(2)12-8-5-4-7-11(12)14-13(15)9-6-10-16(14)3/h4-5,7-8,13-14H,6,9-10H2,1-3H3/t13-,14+/m1/s1. The van der Waals surface area contributed by atoms with Crippen molar-refractivity contribution in [3.8, 4) is 0 Å². The lowest BCUT2D eigenvalue weighted by Crippen LogP contribution is -2.38. The van der Waals surface area contributed by atoms with Gasteiger partial charge in [0.05, 0.1) is 0 Å². The van der Waals surface area contributed by atoms with Crippen molar-refractivity contribution in [2.24, 2.45) is 5.92 Å². The minimum absolute atomic E-state index is 0.357. The predicted molar refractivity (Wildman–Crippen MR) is 67.6 cm³/mol. The van der Waals surface area contributed by atoms with Crippen LogP contribution >= 0.6 is 0 Å². The van der Waals surface area contributed by atoms with Crippen LogP contribution in [0.15, 0.2) is 24.3 Å². The lowest BCUT2D eigenvalue weighted by atomic mass is 9.74. The van der Waals surface area contributed by atoms with Crippen molar-refractivity contribution >= 4 is 0 Å². The van der Waals surface area contributed by atoms with Gasteiger partial charge in [0.1, 0.15) is 0 Å². The van der Waals surface area contributed by atoms with Crippen molar-refractivity contribution in [3.63, 3.8) is 0 Å². The minimum Gasteiger partial charge on any atom is -0.299 e. The molecule has 16 heavy (non-hydrogen) atoms.